The zero-order chi connectivity index (χ0) is 12.9. The van der Waals surface area contributed by atoms with Gasteiger partial charge in [-0.1, -0.05) is 18.2 Å². The molecule has 1 unspecified atom stereocenters. The zero-order valence-corrected chi connectivity index (χ0v) is 12.3. The molecule has 19 heavy (non-hydrogen) atoms. The predicted molar refractivity (Wildman–Crippen MR) is 82.1 cm³/mol. The Bertz CT molecular complexity index is 397. The summed E-state index contributed by atoms with van der Waals surface area (Å²) in [6.07, 6.45) is 6.54. The van der Waals surface area contributed by atoms with Crippen LogP contribution in [0, 0.1) is 0 Å². The number of nitrogens with one attached hydrogen (secondary N) is 1. The van der Waals surface area contributed by atoms with Crippen LogP contribution in [-0.4, -0.2) is 30.2 Å². The van der Waals surface area contributed by atoms with E-state index in [0.29, 0.717) is 12.1 Å². The summed E-state index contributed by atoms with van der Waals surface area (Å²) in [6.45, 7) is 1.17. The maximum Gasteiger partial charge on any atom is 0.122 e. The van der Waals surface area contributed by atoms with Crippen molar-refractivity contribution < 1.29 is 4.74 Å². The Balaban J connectivity index is 1.65. The molecule has 0 spiro atoms. The highest BCUT2D eigenvalue weighted by Crippen LogP contribution is 2.27. The summed E-state index contributed by atoms with van der Waals surface area (Å²) >= 11 is 2.05. The van der Waals surface area contributed by atoms with E-state index in [0.717, 1.165) is 12.2 Å². The van der Waals surface area contributed by atoms with E-state index in [1.807, 2.05) is 11.8 Å². The SMILES string of the molecule is c1ccc(OC2CCSCC2)c(CC2CCCN2)c1. The lowest BCUT2D eigenvalue weighted by Gasteiger charge is -2.24. The number of thioether (sulfide) groups is 1. The molecule has 0 aliphatic carbocycles. The highest BCUT2D eigenvalue weighted by molar-refractivity contribution is 7.99. The Morgan fingerprint density at radius 2 is 2.00 bits per heavy atom. The first kappa shape index (κ1) is 13.3. The average molecular weight is 277 g/mol. The number of hydrogen-bond donors (Lipinski definition) is 1. The topological polar surface area (TPSA) is 21.3 Å². The Kier molecular flexibility index (Phi) is 4.67. The number of para-hydroxylation sites is 1. The first-order chi connectivity index (χ1) is 9.42. The minimum absolute atomic E-state index is 0.430. The molecule has 0 aromatic heterocycles. The molecule has 0 radical (unpaired) electrons. The van der Waals surface area contributed by atoms with Gasteiger partial charge in [0, 0.05) is 6.04 Å². The van der Waals surface area contributed by atoms with Gasteiger partial charge in [-0.15, -0.1) is 0 Å². The van der Waals surface area contributed by atoms with Gasteiger partial charge in [-0.05, 0) is 61.8 Å². The van der Waals surface area contributed by atoms with Gasteiger partial charge in [-0.25, -0.2) is 0 Å². The largest absolute Gasteiger partial charge is 0.490 e. The fourth-order valence-corrected chi connectivity index (χ4v) is 4.02. The van der Waals surface area contributed by atoms with E-state index in [9.17, 15) is 0 Å². The van der Waals surface area contributed by atoms with Crippen molar-refractivity contribution in [1.82, 2.24) is 5.32 Å². The summed E-state index contributed by atoms with van der Waals surface area (Å²) in [6, 6.07) is 9.25. The van der Waals surface area contributed by atoms with Gasteiger partial charge in [0.25, 0.3) is 0 Å². The van der Waals surface area contributed by atoms with Crippen LogP contribution in [0.4, 0.5) is 0 Å². The monoisotopic (exact) mass is 277 g/mol. The standard InChI is InChI=1S/C16H23NOS/c1-2-6-16(18-15-7-10-19-11-8-15)13(4-1)12-14-5-3-9-17-14/h1-2,4,6,14-15,17H,3,5,7-12H2. The van der Waals surface area contributed by atoms with E-state index in [1.165, 1.54) is 49.3 Å². The molecule has 0 amide bonds. The van der Waals surface area contributed by atoms with Gasteiger partial charge >= 0.3 is 0 Å². The lowest BCUT2D eigenvalue weighted by atomic mass is 10.0. The normalized spacial score (nSPS) is 24.5. The molecule has 0 saturated carbocycles. The number of ether oxygens (including phenoxy) is 1. The van der Waals surface area contributed by atoms with Crippen LogP contribution in [0.1, 0.15) is 31.2 Å². The third-order valence-electron chi connectivity index (χ3n) is 4.06. The summed E-state index contributed by atoms with van der Waals surface area (Å²) in [4.78, 5) is 0. The fraction of sp³-hybridized carbons (Fsp3) is 0.625. The lowest BCUT2D eigenvalue weighted by Crippen LogP contribution is -2.25. The molecule has 2 nitrogen and oxygen atoms in total. The van der Waals surface area contributed by atoms with Crippen molar-refractivity contribution in [2.75, 3.05) is 18.1 Å². The van der Waals surface area contributed by atoms with Gasteiger partial charge in [0.15, 0.2) is 0 Å². The van der Waals surface area contributed by atoms with E-state index in [-0.39, 0.29) is 0 Å². The maximum absolute atomic E-state index is 6.26. The van der Waals surface area contributed by atoms with Crippen molar-refractivity contribution in [2.24, 2.45) is 0 Å². The molecule has 1 aromatic carbocycles. The van der Waals surface area contributed by atoms with Crippen LogP contribution in [0.2, 0.25) is 0 Å². The summed E-state index contributed by atoms with van der Waals surface area (Å²) in [7, 11) is 0. The highest BCUT2D eigenvalue weighted by atomic mass is 32.2. The van der Waals surface area contributed by atoms with Crippen LogP contribution < -0.4 is 10.1 Å². The lowest BCUT2D eigenvalue weighted by molar-refractivity contribution is 0.190. The van der Waals surface area contributed by atoms with Gasteiger partial charge in [-0.2, -0.15) is 11.8 Å². The van der Waals surface area contributed by atoms with Crippen LogP contribution >= 0.6 is 11.8 Å². The summed E-state index contributed by atoms with van der Waals surface area (Å²) < 4.78 is 6.26. The molecule has 2 heterocycles. The summed E-state index contributed by atoms with van der Waals surface area (Å²) in [5, 5.41) is 3.58. The summed E-state index contributed by atoms with van der Waals surface area (Å²) in [5.74, 6) is 3.61. The average Bonchev–Trinajstić information content (AvgIpc) is 2.95. The molecule has 3 heteroatoms. The maximum atomic E-state index is 6.26. The molecule has 2 aliphatic heterocycles. The van der Waals surface area contributed by atoms with Crippen molar-refractivity contribution in [3.05, 3.63) is 29.8 Å². The molecule has 3 rings (SSSR count). The molecule has 0 bridgehead atoms. The number of rotatable bonds is 4. The first-order valence-corrected chi connectivity index (χ1v) is 8.63. The van der Waals surface area contributed by atoms with Crippen LogP contribution in [0.15, 0.2) is 24.3 Å². The zero-order valence-electron chi connectivity index (χ0n) is 11.4. The number of hydrogen-bond acceptors (Lipinski definition) is 3. The molecule has 1 atom stereocenters. The van der Waals surface area contributed by atoms with Gasteiger partial charge < -0.3 is 10.1 Å². The van der Waals surface area contributed by atoms with E-state index in [2.05, 4.69) is 29.6 Å². The fourth-order valence-electron chi connectivity index (χ4n) is 2.96. The molecular weight excluding hydrogens is 254 g/mol. The molecular formula is C16H23NOS. The highest BCUT2D eigenvalue weighted by Gasteiger charge is 2.19. The number of benzene rings is 1. The first-order valence-electron chi connectivity index (χ1n) is 7.47. The van der Waals surface area contributed by atoms with Crippen molar-refractivity contribution in [2.45, 2.75) is 44.2 Å². The van der Waals surface area contributed by atoms with Crippen LogP contribution in [0.25, 0.3) is 0 Å². The molecule has 2 saturated heterocycles. The Hall–Kier alpha value is -0.670. The van der Waals surface area contributed by atoms with Gasteiger partial charge in [0.1, 0.15) is 11.9 Å². The van der Waals surface area contributed by atoms with Crippen LogP contribution in [0.3, 0.4) is 0 Å². The summed E-state index contributed by atoms with van der Waals surface area (Å²) in [5.41, 5.74) is 1.38. The van der Waals surface area contributed by atoms with Crippen molar-refractivity contribution in [3.63, 3.8) is 0 Å². The van der Waals surface area contributed by atoms with Gasteiger partial charge in [0.05, 0.1) is 0 Å². The van der Waals surface area contributed by atoms with E-state index >= 15 is 0 Å². The second-order valence-electron chi connectivity index (χ2n) is 5.53. The Morgan fingerprint density at radius 1 is 1.16 bits per heavy atom. The van der Waals surface area contributed by atoms with Crippen molar-refractivity contribution in [1.29, 1.82) is 0 Å². The second-order valence-corrected chi connectivity index (χ2v) is 6.76. The molecule has 1 aromatic rings. The third-order valence-corrected chi connectivity index (χ3v) is 5.11. The Labute approximate surface area is 120 Å². The third kappa shape index (κ3) is 3.67. The smallest absolute Gasteiger partial charge is 0.122 e. The van der Waals surface area contributed by atoms with Gasteiger partial charge in [-0.3, -0.25) is 0 Å². The van der Waals surface area contributed by atoms with Crippen LogP contribution in [0.5, 0.6) is 5.75 Å². The van der Waals surface area contributed by atoms with E-state index < -0.39 is 0 Å². The quantitative estimate of drug-likeness (QED) is 0.913. The molecule has 1 N–H and O–H groups in total. The predicted octanol–water partition coefficient (Wildman–Crippen LogP) is 3.26. The van der Waals surface area contributed by atoms with Crippen molar-refractivity contribution >= 4 is 11.8 Å². The molecule has 2 aliphatic rings. The minimum Gasteiger partial charge on any atom is -0.490 e. The van der Waals surface area contributed by atoms with E-state index in [1.54, 1.807) is 0 Å². The van der Waals surface area contributed by atoms with Crippen molar-refractivity contribution in [3.8, 4) is 5.75 Å². The van der Waals surface area contributed by atoms with Gasteiger partial charge in [0.2, 0.25) is 0 Å². The second kappa shape index (κ2) is 6.67. The minimum atomic E-state index is 0.430. The van der Waals surface area contributed by atoms with E-state index in [4.69, 9.17) is 4.74 Å². The molecule has 104 valence electrons. The van der Waals surface area contributed by atoms with Crippen LogP contribution in [-0.2, 0) is 6.42 Å². The molecule has 2 fully saturated rings. The Morgan fingerprint density at radius 3 is 2.79 bits per heavy atom.